The van der Waals surface area contributed by atoms with Gasteiger partial charge in [0.15, 0.2) is 0 Å². The highest BCUT2D eigenvalue weighted by atomic mass is 19.1. The second kappa shape index (κ2) is 4.38. The molecule has 0 saturated heterocycles. The predicted octanol–water partition coefficient (Wildman–Crippen LogP) is 2.39. The molecule has 0 aliphatic rings. The summed E-state index contributed by atoms with van der Waals surface area (Å²) in [6.45, 7) is 6.67. The number of benzene rings is 1. The average Bonchev–Trinajstić information content (AvgIpc) is 2.16. The van der Waals surface area contributed by atoms with E-state index < -0.39 is 11.8 Å². The van der Waals surface area contributed by atoms with Crippen LogP contribution in [0.15, 0.2) is 18.2 Å². The van der Waals surface area contributed by atoms with E-state index in [1.807, 2.05) is 0 Å². The minimum atomic E-state index is -0.904. The molecule has 0 saturated carbocycles. The SMILES string of the molecule is [C-]#[N+]c1cc(CCC(=O)O)ccc1F. The highest BCUT2D eigenvalue weighted by Gasteiger charge is 2.04. The fraction of sp³-hybridized carbons (Fsp3) is 0.200. The van der Waals surface area contributed by atoms with Crippen molar-refractivity contribution in [2.24, 2.45) is 0 Å². The molecule has 0 amide bonds. The van der Waals surface area contributed by atoms with Crippen LogP contribution in [0.3, 0.4) is 0 Å². The van der Waals surface area contributed by atoms with E-state index in [1.54, 1.807) is 0 Å². The molecule has 1 aromatic rings. The molecular formula is C10H8FNO2. The summed E-state index contributed by atoms with van der Waals surface area (Å²) in [4.78, 5) is 13.2. The minimum absolute atomic E-state index is 0.0108. The van der Waals surface area contributed by atoms with Crippen LogP contribution < -0.4 is 0 Å². The third-order valence-electron chi connectivity index (χ3n) is 1.76. The molecule has 0 atom stereocenters. The Hall–Kier alpha value is -1.89. The van der Waals surface area contributed by atoms with E-state index in [1.165, 1.54) is 18.2 Å². The van der Waals surface area contributed by atoms with E-state index in [4.69, 9.17) is 11.7 Å². The summed E-state index contributed by atoms with van der Waals surface area (Å²) in [6, 6.07) is 4.06. The molecule has 1 N–H and O–H groups in total. The number of carboxylic acid groups (broad SMARTS) is 1. The van der Waals surface area contributed by atoms with E-state index in [9.17, 15) is 9.18 Å². The Morgan fingerprint density at radius 2 is 2.29 bits per heavy atom. The van der Waals surface area contributed by atoms with Crippen LogP contribution in [0.1, 0.15) is 12.0 Å². The second-order valence-corrected chi connectivity index (χ2v) is 2.79. The number of carbonyl (C=O) groups is 1. The summed E-state index contributed by atoms with van der Waals surface area (Å²) in [5.41, 5.74) is 0.604. The molecule has 1 rings (SSSR count). The number of carboxylic acids is 1. The molecule has 1 aromatic carbocycles. The van der Waals surface area contributed by atoms with E-state index in [-0.39, 0.29) is 12.1 Å². The maximum Gasteiger partial charge on any atom is 0.303 e. The number of halogens is 1. The van der Waals surface area contributed by atoms with E-state index >= 15 is 0 Å². The predicted molar refractivity (Wildman–Crippen MR) is 48.6 cm³/mol. The minimum Gasteiger partial charge on any atom is -0.481 e. The van der Waals surface area contributed by atoms with Gasteiger partial charge in [-0.05, 0) is 12.5 Å². The van der Waals surface area contributed by atoms with Crippen molar-refractivity contribution in [3.05, 3.63) is 41.0 Å². The van der Waals surface area contributed by atoms with Crippen LogP contribution in [0.25, 0.3) is 4.85 Å². The Kier molecular flexibility index (Phi) is 3.19. The van der Waals surface area contributed by atoms with Gasteiger partial charge < -0.3 is 5.11 Å². The van der Waals surface area contributed by atoms with Crippen LogP contribution >= 0.6 is 0 Å². The molecular weight excluding hydrogens is 185 g/mol. The topological polar surface area (TPSA) is 41.7 Å². The van der Waals surface area contributed by atoms with Crippen molar-refractivity contribution in [1.29, 1.82) is 0 Å². The van der Waals surface area contributed by atoms with Gasteiger partial charge in [-0.15, -0.1) is 0 Å². The van der Waals surface area contributed by atoms with Crippen molar-refractivity contribution in [1.82, 2.24) is 0 Å². The first-order chi connectivity index (χ1) is 6.63. The van der Waals surface area contributed by atoms with Gasteiger partial charge in [-0.2, -0.15) is 0 Å². The van der Waals surface area contributed by atoms with Gasteiger partial charge in [-0.25, -0.2) is 9.24 Å². The molecule has 0 radical (unpaired) electrons. The Morgan fingerprint density at radius 1 is 1.57 bits per heavy atom. The fourth-order valence-corrected chi connectivity index (χ4v) is 1.05. The van der Waals surface area contributed by atoms with Gasteiger partial charge in [0.25, 0.3) is 0 Å². The molecule has 14 heavy (non-hydrogen) atoms. The zero-order valence-electron chi connectivity index (χ0n) is 7.33. The molecule has 0 aromatic heterocycles. The summed E-state index contributed by atoms with van der Waals surface area (Å²) in [5.74, 6) is -1.47. The van der Waals surface area contributed by atoms with Crippen LogP contribution in [0.4, 0.5) is 10.1 Å². The third-order valence-corrected chi connectivity index (χ3v) is 1.76. The Labute approximate surface area is 80.6 Å². The lowest BCUT2D eigenvalue weighted by molar-refractivity contribution is -0.136. The molecule has 4 heteroatoms. The smallest absolute Gasteiger partial charge is 0.303 e. The molecule has 0 bridgehead atoms. The zero-order chi connectivity index (χ0) is 10.6. The highest BCUT2D eigenvalue weighted by Crippen LogP contribution is 2.19. The van der Waals surface area contributed by atoms with Crippen LogP contribution in [-0.4, -0.2) is 11.1 Å². The standard InChI is InChI=1S/C10H8FNO2/c1-12-9-6-7(2-4-8(9)11)3-5-10(13)14/h2,4,6H,3,5H2,(H,13,14). The molecule has 0 unspecified atom stereocenters. The molecule has 0 aliphatic carbocycles. The third kappa shape index (κ3) is 2.56. The highest BCUT2D eigenvalue weighted by molar-refractivity contribution is 5.67. The Bertz CT molecular complexity index is 396. The molecule has 0 fully saturated rings. The van der Waals surface area contributed by atoms with Gasteiger partial charge >= 0.3 is 5.97 Å². The first kappa shape index (κ1) is 10.2. The van der Waals surface area contributed by atoms with Gasteiger partial charge in [0.1, 0.15) is 5.82 Å². The fourth-order valence-electron chi connectivity index (χ4n) is 1.05. The number of aryl methyl sites for hydroxylation is 1. The van der Waals surface area contributed by atoms with Gasteiger partial charge in [-0.3, -0.25) is 4.79 Å². The largest absolute Gasteiger partial charge is 0.481 e. The summed E-state index contributed by atoms with van der Waals surface area (Å²) in [5, 5.41) is 8.42. The summed E-state index contributed by atoms with van der Waals surface area (Å²) >= 11 is 0. The van der Waals surface area contributed by atoms with E-state index in [0.717, 1.165) is 0 Å². The van der Waals surface area contributed by atoms with Crippen molar-refractivity contribution in [2.45, 2.75) is 12.8 Å². The van der Waals surface area contributed by atoms with Crippen molar-refractivity contribution in [3.63, 3.8) is 0 Å². The van der Waals surface area contributed by atoms with Crippen molar-refractivity contribution < 1.29 is 14.3 Å². The summed E-state index contributed by atoms with van der Waals surface area (Å²) in [6.07, 6.45) is 0.307. The Morgan fingerprint density at radius 3 is 2.86 bits per heavy atom. The number of nitrogens with zero attached hydrogens (tertiary/aromatic N) is 1. The second-order valence-electron chi connectivity index (χ2n) is 2.79. The van der Waals surface area contributed by atoms with Crippen LogP contribution in [-0.2, 0) is 11.2 Å². The van der Waals surface area contributed by atoms with E-state index in [0.29, 0.717) is 12.0 Å². The number of aliphatic carboxylic acids is 1. The molecule has 0 heterocycles. The maximum absolute atomic E-state index is 12.8. The van der Waals surface area contributed by atoms with Crippen LogP contribution in [0, 0.1) is 12.4 Å². The van der Waals surface area contributed by atoms with Crippen LogP contribution in [0.2, 0.25) is 0 Å². The lowest BCUT2D eigenvalue weighted by Crippen LogP contribution is -1.97. The van der Waals surface area contributed by atoms with Gasteiger partial charge in [0.2, 0.25) is 5.69 Å². The van der Waals surface area contributed by atoms with Gasteiger partial charge in [0.05, 0.1) is 6.57 Å². The number of hydrogen-bond acceptors (Lipinski definition) is 1. The van der Waals surface area contributed by atoms with Crippen molar-refractivity contribution in [2.75, 3.05) is 0 Å². The van der Waals surface area contributed by atoms with Gasteiger partial charge in [-0.1, -0.05) is 17.7 Å². The molecule has 3 nitrogen and oxygen atoms in total. The maximum atomic E-state index is 12.8. The van der Waals surface area contributed by atoms with E-state index in [2.05, 4.69) is 4.85 Å². The molecule has 72 valence electrons. The van der Waals surface area contributed by atoms with Gasteiger partial charge in [0, 0.05) is 6.42 Å². The summed E-state index contributed by atoms with van der Waals surface area (Å²) in [7, 11) is 0. The monoisotopic (exact) mass is 193 g/mol. The molecule has 0 aliphatic heterocycles. The lowest BCUT2D eigenvalue weighted by atomic mass is 10.1. The first-order valence-corrected chi connectivity index (χ1v) is 4.01. The van der Waals surface area contributed by atoms with Crippen LogP contribution in [0.5, 0.6) is 0 Å². The number of rotatable bonds is 3. The normalized spacial score (nSPS) is 9.43. The first-order valence-electron chi connectivity index (χ1n) is 4.01. The zero-order valence-corrected chi connectivity index (χ0v) is 7.33. The number of hydrogen-bond donors (Lipinski definition) is 1. The molecule has 0 spiro atoms. The quantitative estimate of drug-likeness (QED) is 0.749. The average molecular weight is 193 g/mol. The Balaban J connectivity index is 2.80. The summed E-state index contributed by atoms with van der Waals surface area (Å²) < 4.78 is 12.8. The van der Waals surface area contributed by atoms with Crippen molar-refractivity contribution >= 4 is 11.7 Å². The lowest BCUT2D eigenvalue weighted by Gasteiger charge is -1.99. The van der Waals surface area contributed by atoms with Crippen molar-refractivity contribution in [3.8, 4) is 0 Å².